The quantitative estimate of drug-likeness (QED) is 0.825. The number of nitrogens with zero attached hydrogens (tertiary/aromatic N) is 1. The zero-order valence-electron chi connectivity index (χ0n) is 12.1. The predicted octanol–water partition coefficient (Wildman–Crippen LogP) is 1.83. The number of Topliss-reactive ketones (excluding diaryl/α,β-unsaturated/α-hetero) is 1. The highest BCUT2D eigenvalue weighted by Crippen LogP contribution is 2.30. The number of hydrogen-bond donors (Lipinski definition) is 0. The summed E-state index contributed by atoms with van der Waals surface area (Å²) in [6, 6.07) is 3.95. The summed E-state index contributed by atoms with van der Waals surface area (Å²) in [5, 5.41) is 0. The van der Waals surface area contributed by atoms with Crippen molar-refractivity contribution in [3.63, 3.8) is 0 Å². The number of rotatable bonds is 2. The summed E-state index contributed by atoms with van der Waals surface area (Å²) in [6.07, 6.45) is 0. The number of carbonyl (C=O) groups is 1. The fraction of sp³-hybridized carbons (Fsp3) is 0.562. The monoisotopic (exact) mass is 275 g/mol. The van der Waals surface area contributed by atoms with Gasteiger partial charge in [0.2, 0.25) is 0 Å². The van der Waals surface area contributed by atoms with Gasteiger partial charge < -0.3 is 9.47 Å². The van der Waals surface area contributed by atoms with Crippen molar-refractivity contribution in [1.29, 1.82) is 0 Å². The Hall–Kier alpha value is -1.39. The Morgan fingerprint density at radius 3 is 2.65 bits per heavy atom. The second-order valence-electron chi connectivity index (χ2n) is 5.72. The molecule has 1 saturated heterocycles. The molecule has 1 aromatic rings. The van der Waals surface area contributed by atoms with Gasteiger partial charge in [0.1, 0.15) is 5.75 Å². The molecular formula is C16H21NO3. The van der Waals surface area contributed by atoms with Crippen LogP contribution < -0.4 is 4.74 Å². The van der Waals surface area contributed by atoms with Gasteiger partial charge in [0.25, 0.3) is 0 Å². The van der Waals surface area contributed by atoms with Gasteiger partial charge in [-0.2, -0.15) is 0 Å². The molecule has 3 rings (SSSR count). The zero-order valence-corrected chi connectivity index (χ0v) is 12.1. The van der Waals surface area contributed by atoms with Crippen molar-refractivity contribution in [3.8, 4) is 5.75 Å². The van der Waals surface area contributed by atoms with Crippen LogP contribution in [0, 0.1) is 19.8 Å². The first-order valence-corrected chi connectivity index (χ1v) is 7.23. The lowest BCUT2D eigenvalue weighted by Crippen LogP contribution is -2.43. The van der Waals surface area contributed by atoms with Gasteiger partial charge in [0, 0.05) is 19.6 Å². The molecule has 2 heterocycles. The highest BCUT2D eigenvalue weighted by molar-refractivity contribution is 6.01. The fourth-order valence-corrected chi connectivity index (χ4v) is 2.82. The number of fused-ring (bicyclic) bond motifs is 1. The number of benzene rings is 1. The lowest BCUT2D eigenvalue weighted by molar-refractivity contribution is 0.0250. The Morgan fingerprint density at radius 1 is 1.20 bits per heavy atom. The third-order valence-corrected chi connectivity index (χ3v) is 4.25. The Kier molecular flexibility index (Phi) is 3.76. The van der Waals surface area contributed by atoms with Crippen molar-refractivity contribution in [2.24, 2.45) is 5.92 Å². The minimum Gasteiger partial charge on any atom is -0.492 e. The number of ketones is 1. The van der Waals surface area contributed by atoms with Gasteiger partial charge in [-0.1, -0.05) is 0 Å². The molecule has 4 nitrogen and oxygen atoms in total. The standard InChI is InChI=1S/C16H21NO3/c1-11-7-14-15(8-12(11)2)20-10-13(16(14)18)9-17-3-5-19-6-4-17/h7-8,13H,3-6,9-10H2,1-2H3. The van der Waals surface area contributed by atoms with Crippen molar-refractivity contribution in [3.05, 3.63) is 28.8 Å². The maximum Gasteiger partial charge on any atom is 0.174 e. The molecule has 0 N–H and O–H groups in total. The lowest BCUT2D eigenvalue weighted by Gasteiger charge is -2.32. The third kappa shape index (κ3) is 2.58. The molecule has 1 unspecified atom stereocenters. The molecule has 0 aromatic heterocycles. The first kappa shape index (κ1) is 13.6. The van der Waals surface area contributed by atoms with Gasteiger partial charge in [-0.05, 0) is 37.1 Å². The number of carbonyl (C=O) groups excluding carboxylic acids is 1. The summed E-state index contributed by atoms with van der Waals surface area (Å²) in [7, 11) is 0. The molecule has 0 aliphatic carbocycles. The van der Waals surface area contributed by atoms with Gasteiger partial charge in [0.15, 0.2) is 5.78 Å². The molecule has 1 fully saturated rings. The molecule has 2 aliphatic heterocycles. The number of ether oxygens (including phenoxy) is 2. The summed E-state index contributed by atoms with van der Waals surface area (Å²) in [6.45, 7) is 8.68. The van der Waals surface area contributed by atoms with Gasteiger partial charge in [-0.3, -0.25) is 9.69 Å². The SMILES string of the molecule is Cc1cc2c(cc1C)C(=O)C(CN1CCOCC1)CO2. The average molecular weight is 275 g/mol. The van der Waals surface area contributed by atoms with E-state index in [0.29, 0.717) is 6.61 Å². The number of morpholine rings is 1. The Balaban J connectivity index is 1.76. The van der Waals surface area contributed by atoms with Crippen LogP contribution in [0.25, 0.3) is 0 Å². The minimum atomic E-state index is -0.0530. The van der Waals surface area contributed by atoms with Crippen molar-refractivity contribution in [2.45, 2.75) is 13.8 Å². The van der Waals surface area contributed by atoms with E-state index in [1.165, 1.54) is 5.56 Å². The van der Waals surface area contributed by atoms with Gasteiger partial charge in [-0.15, -0.1) is 0 Å². The van der Waals surface area contributed by atoms with Crippen LogP contribution in [0.4, 0.5) is 0 Å². The van der Waals surface area contributed by atoms with Crippen molar-refractivity contribution in [1.82, 2.24) is 4.90 Å². The highest BCUT2D eigenvalue weighted by atomic mass is 16.5. The van der Waals surface area contributed by atoms with Crippen molar-refractivity contribution < 1.29 is 14.3 Å². The smallest absolute Gasteiger partial charge is 0.174 e. The highest BCUT2D eigenvalue weighted by Gasteiger charge is 2.31. The van der Waals surface area contributed by atoms with E-state index in [1.54, 1.807) is 0 Å². The summed E-state index contributed by atoms with van der Waals surface area (Å²) in [5.74, 6) is 0.917. The van der Waals surface area contributed by atoms with Crippen LogP contribution in [0.5, 0.6) is 5.75 Å². The van der Waals surface area contributed by atoms with Crippen LogP contribution in [0.2, 0.25) is 0 Å². The van der Waals surface area contributed by atoms with Crippen molar-refractivity contribution in [2.75, 3.05) is 39.5 Å². The maximum atomic E-state index is 12.6. The van der Waals surface area contributed by atoms with E-state index >= 15 is 0 Å². The van der Waals surface area contributed by atoms with Gasteiger partial charge in [-0.25, -0.2) is 0 Å². The molecule has 2 aliphatic rings. The number of hydrogen-bond acceptors (Lipinski definition) is 4. The third-order valence-electron chi connectivity index (χ3n) is 4.25. The molecule has 0 amide bonds. The topological polar surface area (TPSA) is 38.8 Å². The van der Waals surface area contributed by atoms with E-state index in [4.69, 9.17) is 9.47 Å². The normalized spacial score (nSPS) is 23.3. The van der Waals surface area contributed by atoms with Crippen LogP contribution in [0.1, 0.15) is 21.5 Å². The summed E-state index contributed by atoms with van der Waals surface area (Å²) in [4.78, 5) is 14.9. The maximum absolute atomic E-state index is 12.6. The van der Waals surface area contributed by atoms with Crippen molar-refractivity contribution >= 4 is 5.78 Å². The van der Waals surface area contributed by atoms with E-state index in [0.717, 1.165) is 49.7 Å². The van der Waals surface area contributed by atoms with Crippen LogP contribution in [-0.4, -0.2) is 50.1 Å². The molecule has 0 bridgehead atoms. The van der Waals surface area contributed by atoms with E-state index in [-0.39, 0.29) is 11.7 Å². The Morgan fingerprint density at radius 2 is 1.90 bits per heavy atom. The molecule has 0 radical (unpaired) electrons. The van der Waals surface area contributed by atoms with Crippen LogP contribution in [0.3, 0.4) is 0 Å². The summed E-state index contributed by atoms with van der Waals surface area (Å²) in [5.41, 5.74) is 3.06. The first-order valence-electron chi connectivity index (χ1n) is 7.23. The minimum absolute atomic E-state index is 0.0530. The zero-order chi connectivity index (χ0) is 14.1. The van der Waals surface area contributed by atoms with E-state index in [1.807, 2.05) is 26.0 Å². The molecule has 108 valence electrons. The fourth-order valence-electron chi connectivity index (χ4n) is 2.82. The Bertz CT molecular complexity index is 521. The average Bonchev–Trinajstić information content (AvgIpc) is 2.46. The molecular weight excluding hydrogens is 254 g/mol. The number of aryl methyl sites for hydroxylation is 2. The van der Waals surface area contributed by atoms with Gasteiger partial charge >= 0.3 is 0 Å². The van der Waals surface area contributed by atoms with E-state index in [2.05, 4.69) is 4.90 Å². The van der Waals surface area contributed by atoms with Crippen LogP contribution in [0.15, 0.2) is 12.1 Å². The first-order chi connectivity index (χ1) is 9.65. The lowest BCUT2D eigenvalue weighted by atomic mass is 9.92. The summed E-state index contributed by atoms with van der Waals surface area (Å²) < 4.78 is 11.1. The predicted molar refractivity (Wildman–Crippen MR) is 76.5 cm³/mol. The molecule has 0 spiro atoms. The molecule has 1 aromatic carbocycles. The van der Waals surface area contributed by atoms with Crippen LogP contribution >= 0.6 is 0 Å². The Labute approximate surface area is 119 Å². The van der Waals surface area contributed by atoms with E-state index < -0.39 is 0 Å². The van der Waals surface area contributed by atoms with Crippen LogP contribution in [-0.2, 0) is 4.74 Å². The molecule has 20 heavy (non-hydrogen) atoms. The van der Waals surface area contributed by atoms with Gasteiger partial charge in [0.05, 0.1) is 31.3 Å². The van der Waals surface area contributed by atoms with E-state index in [9.17, 15) is 4.79 Å². The molecule has 1 atom stereocenters. The second kappa shape index (κ2) is 5.54. The largest absolute Gasteiger partial charge is 0.492 e. The second-order valence-corrected chi connectivity index (χ2v) is 5.72. The summed E-state index contributed by atoms with van der Waals surface area (Å²) >= 11 is 0. The molecule has 4 heteroatoms. The molecule has 0 saturated carbocycles.